The average Bonchev–Trinajstić information content (AvgIpc) is 4.15. The number of anilines is 1. The van der Waals surface area contributed by atoms with Gasteiger partial charge in [0.1, 0.15) is 23.7 Å². The summed E-state index contributed by atoms with van der Waals surface area (Å²) in [5.41, 5.74) is 7.18. The average molecular weight is 989 g/mol. The second-order valence-corrected chi connectivity index (χ2v) is 20.7. The molecule has 2 atom stereocenters. The van der Waals surface area contributed by atoms with E-state index in [4.69, 9.17) is 4.98 Å². The topological polar surface area (TPSA) is 157 Å². The third-order valence-electron chi connectivity index (χ3n) is 13.8. The van der Waals surface area contributed by atoms with Crippen molar-refractivity contribution >= 4 is 40.7 Å². The second kappa shape index (κ2) is 21.0. The molecule has 0 saturated carbocycles. The SMILES string of the molecule is Cc1ncsc1-c1ccc(CNC(=O)[C@@H]2CCCN2C(=O)[C@@H](NC(=O)CN2CCN(c3ccc(C#Cc4ccc(C5CCN(C6=Nn7c(nnc7C(F)(F)F)CC6)CC5)cc4)cn3)CC2)C(C)(C)C)cc1. The van der Waals surface area contributed by atoms with E-state index in [2.05, 4.69) is 69.6 Å². The number of rotatable bonds is 10. The molecule has 372 valence electrons. The minimum Gasteiger partial charge on any atom is -0.359 e. The van der Waals surface area contributed by atoms with Crippen LogP contribution in [-0.2, 0) is 33.5 Å². The van der Waals surface area contributed by atoms with Gasteiger partial charge >= 0.3 is 6.18 Å². The number of amides is 3. The molecule has 4 aliphatic rings. The van der Waals surface area contributed by atoms with Gasteiger partial charge in [0.25, 0.3) is 5.82 Å². The Morgan fingerprint density at radius 2 is 1.54 bits per heavy atom. The van der Waals surface area contributed by atoms with E-state index in [9.17, 15) is 27.6 Å². The largest absolute Gasteiger partial charge is 0.453 e. The molecule has 0 spiro atoms. The second-order valence-electron chi connectivity index (χ2n) is 19.8. The Bertz CT molecular complexity index is 2790. The molecule has 0 aliphatic carbocycles. The summed E-state index contributed by atoms with van der Waals surface area (Å²) < 4.78 is 41.1. The number of nitrogens with zero attached hydrogens (tertiary/aromatic N) is 10. The van der Waals surface area contributed by atoms with Crippen LogP contribution >= 0.6 is 11.3 Å². The highest BCUT2D eigenvalue weighted by atomic mass is 32.1. The number of carbonyl (C=O) groups is 3. The minimum atomic E-state index is -4.61. The van der Waals surface area contributed by atoms with Gasteiger partial charge in [-0.3, -0.25) is 19.3 Å². The maximum absolute atomic E-state index is 14.1. The number of amidine groups is 1. The summed E-state index contributed by atoms with van der Waals surface area (Å²) in [5, 5.41) is 17.4. The Morgan fingerprint density at radius 3 is 2.20 bits per heavy atom. The van der Waals surface area contributed by atoms with E-state index >= 15 is 0 Å². The van der Waals surface area contributed by atoms with Crippen molar-refractivity contribution in [1.82, 2.24) is 50.2 Å². The zero-order valence-corrected chi connectivity index (χ0v) is 41.3. The zero-order valence-electron chi connectivity index (χ0n) is 40.5. The van der Waals surface area contributed by atoms with Crippen LogP contribution in [0.1, 0.15) is 98.4 Å². The molecular formula is C52H59F3N12O3S. The number of piperidine rings is 1. The molecular weight excluding hydrogens is 930 g/mol. The first-order valence-electron chi connectivity index (χ1n) is 24.3. The van der Waals surface area contributed by atoms with Gasteiger partial charge in [0.15, 0.2) is 5.82 Å². The van der Waals surface area contributed by atoms with Crippen molar-refractivity contribution in [3.63, 3.8) is 0 Å². The number of alkyl halides is 3. The number of carbonyl (C=O) groups excluding carboxylic acids is 3. The molecule has 7 heterocycles. The lowest BCUT2D eigenvalue weighted by molar-refractivity contribution is -0.147. The van der Waals surface area contributed by atoms with Crippen molar-refractivity contribution in [2.24, 2.45) is 10.5 Å². The van der Waals surface area contributed by atoms with Gasteiger partial charge in [-0.05, 0) is 84.9 Å². The van der Waals surface area contributed by atoms with Crippen molar-refractivity contribution in [2.75, 3.05) is 57.3 Å². The molecule has 3 saturated heterocycles. The number of hydrogen-bond donors (Lipinski definition) is 2. The molecule has 0 radical (unpaired) electrons. The van der Waals surface area contributed by atoms with Crippen LogP contribution in [0, 0.1) is 24.2 Å². The lowest BCUT2D eigenvalue weighted by atomic mass is 9.85. The smallest absolute Gasteiger partial charge is 0.359 e. The van der Waals surface area contributed by atoms with Crippen molar-refractivity contribution in [3.05, 3.63) is 112 Å². The Balaban J connectivity index is 0.711. The van der Waals surface area contributed by atoms with Gasteiger partial charge in [-0.25, -0.2) is 9.97 Å². The number of thiazole rings is 1. The van der Waals surface area contributed by atoms with Crippen molar-refractivity contribution in [1.29, 1.82) is 0 Å². The molecule has 4 aliphatic heterocycles. The van der Waals surface area contributed by atoms with Crippen LogP contribution in [0.25, 0.3) is 10.4 Å². The van der Waals surface area contributed by atoms with E-state index in [1.807, 2.05) is 81.7 Å². The molecule has 5 aromatic rings. The fourth-order valence-corrected chi connectivity index (χ4v) is 10.6. The van der Waals surface area contributed by atoms with Crippen LogP contribution < -0.4 is 15.5 Å². The first-order valence-corrected chi connectivity index (χ1v) is 25.2. The lowest BCUT2D eigenvalue weighted by Gasteiger charge is -2.37. The Labute approximate surface area is 415 Å². The summed E-state index contributed by atoms with van der Waals surface area (Å²) in [6, 6.07) is 18.9. The molecule has 3 fully saturated rings. The molecule has 71 heavy (non-hydrogen) atoms. The van der Waals surface area contributed by atoms with Crippen LogP contribution in [0.3, 0.4) is 0 Å². The van der Waals surface area contributed by atoms with Gasteiger partial charge in [-0.15, -0.1) is 21.5 Å². The van der Waals surface area contributed by atoms with Crippen LogP contribution in [0.5, 0.6) is 0 Å². The van der Waals surface area contributed by atoms with E-state index in [-0.39, 0.29) is 30.1 Å². The van der Waals surface area contributed by atoms with Gasteiger partial charge in [-0.1, -0.05) is 69.0 Å². The number of hydrogen-bond acceptors (Lipinski definition) is 12. The number of fused-ring (bicyclic) bond motifs is 1. The fraction of sp³-hybridized carbons (Fsp3) is 0.462. The van der Waals surface area contributed by atoms with Crippen LogP contribution in [0.2, 0.25) is 0 Å². The van der Waals surface area contributed by atoms with E-state index < -0.39 is 29.5 Å². The third-order valence-corrected chi connectivity index (χ3v) is 14.8. The predicted octanol–water partition coefficient (Wildman–Crippen LogP) is 6.47. The van der Waals surface area contributed by atoms with Gasteiger partial charge in [0.2, 0.25) is 17.7 Å². The van der Waals surface area contributed by atoms with Gasteiger partial charge in [-0.2, -0.15) is 22.9 Å². The number of pyridine rings is 1. The van der Waals surface area contributed by atoms with Crippen LogP contribution in [-0.4, -0.2) is 128 Å². The number of likely N-dealkylation sites (tertiary alicyclic amines) is 2. The van der Waals surface area contributed by atoms with Gasteiger partial charge in [0, 0.05) is 82.5 Å². The van der Waals surface area contributed by atoms with Gasteiger partial charge < -0.3 is 25.3 Å². The molecule has 2 N–H and O–H groups in total. The van der Waals surface area contributed by atoms with E-state index in [1.54, 1.807) is 22.4 Å². The van der Waals surface area contributed by atoms with Crippen molar-refractivity contribution < 1.29 is 27.6 Å². The highest BCUT2D eigenvalue weighted by Gasteiger charge is 2.43. The highest BCUT2D eigenvalue weighted by Crippen LogP contribution is 2.33. The minimum absolute atomic E-state index is 0.154. The quantitative estimate of drug-likeness (QED) is 0.149. The predicted molar refractivity (Wildman–Crippen MR) is 265 cm³/mol. The van der Waals surface area contributed by atoms with Gasteiger partial charge in [0.05, 0.1) is 22.6 Å². The third kappa shape index (κ3) is 11.6. The van der Waals surface area contributed by atoms with Crippen LogP contribution in [0.4, 0.5) is 19.0 Å². The molecule has 19 heteroatoms. The number of nitrogens with one attached hydrogen (secondary N) is 2. The van der Waals surface area contributed by atoms with E-state index in [0.717, 1.165) is 56.2 Å². The van der Waals surface area contributed by atoms with Crippen molar-refractivity contribution in [3.8, 4) is 22.3 Å². The zero-order chi connectivity index (χ0) is 49.9. The first kappa shape index (κ1) is 49.3. The molecule has 3 amide bonds. The Hall–Kier alpha value is -6.65. The summed E-state index contributed by atoms with van der Waals surface area (Å²) in [4.78, 5) is 59.4. The molecule has 0 bridgehead atoms. The lowest BCUT2D eigenvalue weighted by Crippen LogP contribution is -2.59. The summed E-state index contributed by atoms with van der Waals surface area (Å²) in [6.07, 6.45) is 1.08. The number of piperazine rings is 1. The molecule has 3 aromatic heterocycles. The Morgan fingerprint density at radius 1 is 0.817 bits per heavy atom. The summed E-state index contributed by atoms with van der Waals surface area (Å²) >= 11 is 1.60. The molecule has 2 aromatic carbocycles. The summed E-state index contributed by atoms with van der Waals surface area (Å²) in [7, 11) is 0. The fourth-order valence-electron chi connectivity index (χ4n) is 9.78. The first-order chi connectivity index (χ1) is 34.1. The molecule has 0 unspecified atom stereocenters. The van der Waals surface area contributed by atoms with E-state index in [1.165, 1.54) is 5.56 Å². The van der Waals surface area contributed by atoms with Crippen LogP contribution in [0.15, 0.2) is 77.5 Å². The number of halogens is 3. The summed E-state index contributed by atoms with van der Waals surface area (Å²) in [6.45, 7) is 12.8. The Kier molecular flexibility index (Phi) is 14.6. The molecule has 15 nitrogen and oxygen atoms in total. The van der Waals surface area contributed by atoms with Crippen molar-refractivity contribution in [2.45, 2.75) is 96.9 Å². The maximum Gasteiger partial charge on any atom is 0.453 e. The standard InChI is InChI=1S/C52H59F3N12O3S/c1-34-46(71-33-58-34)40-16-11-37(12-17-40)31-57-48(69)41-6-5-23-66(41)49(70)47(51(2,3)4)59-45(68)32-63-26-28-65(29-27-63)42-18-13-36(30-56-42)8-7-35-9-14-38(15-10-35)39-21-24-64(25-22-39)44-20-19-43-60-61-50(52(53,54)55)67(43)62-44/h9-18,30,33,39,41,47H,5-6,19-29,31-32H2,1-4H3,(H,57,69)(H,59,68)/t41-,47+/m0/s1. The maximum atomic E-state index is 14.1. The number of aromatic nitrogens is 5. The van der Waals surface area contributed by atoms with E-state index in [0.29, 0.717) is 89.8 Å². The number of benzene rings is 2. The normalized spacial score (nSPS) is 18.3. The monoisotopic (exact) mass is 988 g/mol. The highest BCUT2D eigenvalue weighted by molar-refractivity contribution is 7.13. The molecule has 9 rings (SSSR count). The summed E-state index contributed by atoms with van der Waals surface area (Å²) in [5.74, 6) is 6.78. The number of aryl methyl sites for hydroxylation is 2.